The minimum Gasteiger partial charge on any atom is -0.444 e. The maximum atomic E-state index is 12.0. The zero-order valence-electron chi connectivity index (χ0n) is 16.6. The zero-order chi connectivity index (χ0) is 19.2. The van der Waals surface area contributed by atoms with Gasteiger partial charge >= 0.3 is 6.09 Å². The molecule has 1 atom stereocenters. The van der Waals surface area contributed by atoms with E-state index >= 15 is 0 Å². The molecule has 0 aliphatic carbocycles. The predicted octanol–water partition coefficient (Wildman–Crippen LogP) is 3.06. The number of guanidine groups is 1. The smallest absolute Gasteiger partial charge is 0.407 e. The molecular formula is C20H32N4O2. The molecule has 1 saturated heterocycles. The molecule has 1 aromatic rings. The highest BCUT2D eigenvalue weighted by molar-refractivity contribution is 5.80. The van der Waals surface area contributed by atoms with Crippen LogP contribution in [0.15, 0.2) is 29.3 Å². The summed E-state index contributed by atoms with van der Waals surface area (Å²) in [7, 11) is 0. The Bertz CT molecular complexity index is 637. The highest BCUT2D eigenvalue weighted by Crippen LogP contribution is 2.13. The summed E-state index contributed by atoms with van der Waals surface area (Å²) in [6.07, 6.45) is 0.528. The fourth-order valence-corrected chi connectivity index (χ4v) is 2.92. The van der Waals surface area contributed by atoms with Gasteiger partial charge in [-0.05, 0) is 52.2 Å². The van der Waals surface area contributed by atoms with Crippen LogP contribution in [0, 0.1) is 6.92 Å². The maximum Gasteiger partial charge on any atom is 0.407 e. The van der Waals surface area contributed by atoms with Crippen molar-refractivity contribution in [1.82, 2.24) is 15.5 Å². The van der Waals surface area contributed by atoms with Gasteiger partial charge in [-0.15, -0.1) is 0 Å². The van der Waals surface area contributed by atoms with Crippen LogP contribution in [0.1, 0.15) is 45.2 Å². The van der Waals surface area contributed by atoms with Crippen molar-refractivity contribution in [1.29, 1.82) is 0 Å². The third-order valence-electron chi connectivity index (χ3n) is 4.20. The average Bonchev–Trinajstić information content (AvgIpc) is 2.99. The van der Waals surface area contributed by atoms with Crippen LogP contribution in [0.5, 0.6) is 0 Å². The molecule has 144 valence electrons. The van der Waals surface area contributed by atoms with Crippen LogP contribution >= 0.6 is 0 Å². The van der Waals surface area contributed by atoms with E-state index in [9.17, 15) is 4.79 Å². The Morgan fingerprint density at radius 2 is 2.08 bits per heavy atom. The summed E-state index contributed by atoms with van der Waals surface area (Å²) in [6.45, 7) is 12.8. The molecule has 1 aliphatic heterocycles. The van der Waals surface area contributed by atoms with E-state index in [1.165, 1.54) is 11.1 Å². The first kappa shape index (κ1) is 20.1. The molecule has 6 heteroatoms. The summed E-state index contributed by atoms with van der Waals surface area (Å²) in [5.74, 6) is 0.893. The number of likely N-dealkylation sites (tertiary alicyclic amines) is 1. The van der Waals surface area contributed by atoms with Gasteiger partial charge in [0.1, 0.15) is 5.60 Å². The number of ether oxygens (including phenoxy) is 1. The first-order valence-electron chi connectivity index (χ1n) is 9.36. The predicted molar refractivity (Wildman–Crippen MR) is 105 cm³/mol. The monoisotopic (exact) mass is 360 g/mol. The van der Waals surface area contributed by atoms with Crippen molar-refractivity contribution in [2.24, 2.45) is 4.99 Å². The second kappa shape index (κ2) is 8.92. The third-order valence-corrected chi connectivity index (χ3v) is 4.20. The van der Waals surface area contributed by atoms with Crippen LogP contribution in [-0.4, -0.2) is 48.2 Å². The number of amides is 1. The first-order valence-corrected chi connectivity index (χ1v) is 9.36. The first-order chi connectivity index (χ1) is 12.3. The van der Waals surface area contributed by atoms with E-state index in [0.717, 1.165) is 32.0 Å². The second-order valence-electron chi connectivity index (χ2n) is 7.67. The van der Waals surface area contributed by atoms with E-state index < -0.39 is 5.60 Å². The molecule has 0 radical (unpaired) electrons. The van der Waals surface area contributed by atoms with Gasteiger partial charge in [0.25, 0.3) is 0 Å². The van der Waals surface area contributed by atoms with Gasteiger partial charge in [-0.1, -0.05) is 24.3 Å². The summed E-state index contributed by atoms with van der Waals surface area (Å²) >= 11 is 0. The number of alkyl carbamates (subject to hydrolysis) is 1. The molecule has 1 amide bonds. The number of aliphatic imine (C=N–C) groups is 1. The number of benzene rings is 1. The van der Waals surface area contributed by atoms with E-state index in [4.69, 9.17) is 9.73 Å². The van der Waals surface area contributed by atoms with Gasteiger partial charge in [0, 0.05) is 19.6 Å². The number of carbonyl (C=O) groups is 1. The van der Waals surface area contributed by atoms with Crippen molar-refractivity contribution in [2.75, 3.05) is 19.6 Å². The van der Waals surface area contributed by atoms with Crippen molar-refractivity contribution in [3.63, 3.8) is 0 Å². The number of hydrogen-bond donors (Lipinski definition) is 2. The van der Waals surface area contributed by atoms with E-state index in [1.807, 2.05) is 32.9 Å². The minimum atomic E-state index is -0.480. The largest absolute Gasteiger partial charge is 0.444 e. The summed E-state index contributed by atoms with van der Waals surface area (Å²) in [6, 6.07) is 8.38. The minimum absolute atomic E-state index is 0.0761. The van der Waals surface area contributed by atoms with Crippen LogP contribution in [0.25, 0.3) is 0 Å². The van der Waals surface area contributed by atoms with Crippen molar-refractivity contribution in [3.05, 3.63) is 35.4 Å². The number of carbonyl (C=O) groups excluding carboxylic acids is 1. The quantitative estimate of drug-likeness (QED) is 0.640. The van der Waals surface area contributed by atoms with Crippen LogP contribution in [0.3, 0.4) is 0 Å². The fourth-order valence-electron chi connectivity index (χ4n) is 2.92. The zero-order valence-corrected chi connectivity index (χ0v) is 16.6. The van der Waals surface area contributed by atoms with E-state index in [0.29, 0.717) is 6.54 Å². The summed E-state index contributed by atoms with van der Waals surface area (Å²) < 4.78 is 5.35. The fraction of sp³-hybridized carbons (Fsp3) is 0.600. The standard InChI is InChI=1S/C20H32N4O2/c1-6-21-18(22-13-16-10-8-7-9-15(16)2)24-12-11-17(14-24)23-19(25)26-20(3,4)5/h7-10,17H,6,11-14H2,1-5H3,(H,21,22)(H,23,25). The molecule has 1 fully saturated rings. The van der Waals surface area contributed by atoms with Crippen molar-refractivity contribution < 1.29 is 9.53 Å². The molecule has 0 aromatic heterocycles. The van der Waals surface area contributed by atoms with E-state index in [1.54, 1.807) is 0 Å². The lowest BCUT2D eigenvalue weighted by molar-refractivity contribution is 0.0507. The number of hydrogen-bond acceptors (Lipinski definition) is 3. The Balaban J connectivity index is 1.95. The van der Waals surface area contributed by atoms with Crippen molar-refractivity contribution in [3.8, 4) is 0 Å². The Morgan fingerprint density at radius 3 is 2.73 bits per heavy atom. The van der Waals surface area contributed by atoms with Gasteiger partial charge < -0.3 is 20.3 Å². The molecule has 26 heavy (non-hydrogen) atoms. The Morgan fingerprint density at radius 1 is 1.35 bits per heavy atom. The Hall–Kier alpha value is -2.24. The Kier molecular flexibility index (Phi) is 6.89. The lowest BCUT2D eigenvalue weighted by Crippen LogP contribution is -2.44. The van der Waals surface area contributed by atoms with Gasteiger partial charge in [-0.2, -0.15) is 0 Å². The molecule has 0 bridgehead atoms. The molecule has 1 aromatic carbocycles. The van der Waals surface area contributed by atoms with Crippen molar-refractivity contribution >= 4 is 12.1 Å². The van der Waals surface area contributed by atoms with Gasteiger partial charge in [0.15, 0.2) is 5.96 Å². The SMILES string of the molecule is CCNC(=NCc1ccccc1C)N1CCC(NC(=O)OC(C)(C)C)C1. The average molecular weight is 361 g/mol. The topological polar surface area (TPSA) is 66.0 Å². The van der Waals surface area contributed by atoms with Gasteiger partial charge in [-0.3, -0.25) is 0 Å². The lowest BCUT2D eigenvalue weighted by atomic mass is 10.1. The molecular weight excluding hydrogens is 328 g/mol. The van der Waals surface area contributed by atoms with Gasteiger partial charge in [0.05, 0.1) is 12.6 Å². The highest BCUT2D eigenvalue weighted by Gasteiger charge is 2.27. The van der Waals surface area contributed by atoms with Crippen LogP contribution in [-0.2, 0) is 11.3 Å². The van der Waals surface area contributed by atoms with Crippen LogP contribution in [0.2, 0.25) is 0 Å². The van der Waals surface area contributed by atoms with Gasteiger partial charge in [0.2, 0.25) is 0 Å². The van der Waals surface area contributed by atoms with Crippen molar-refractivity contribution in [2.45, 2.75) is 59.2 Å². The molecule has 1 unspecified atom stereocenters. The molecule has 2 N–H and O–H groups in total. The molecule has 2 rings (SSSR count). The van der Waals surface area contributed by atoms with Crippen LogP contribution in [0.4, 0.5) is 4.79 Å². The molecule has 6 nitrogen and oxygen atoms in total. The summed E-state index contributed by atoms with van der Waals surface area (Å²) in [4.78, 5) is 19.0. The lowest BCUT2D eigenvalue weighted by Gasteiger charge is -2.23. The molecule has 0 spiro atoms. The summed E-state index contributed by atoms with van der Waals surface area (Å²) in [5, 5.41) is 6.32. The number of nitrogens with one attached hydrogen (secondary N) is 2. The Labute approximate surface area is 157 Å². The molecule has 1 aliphatic rings. The highest BCUT2D eigenvalue weighted by atomic mass is 16.6. The van der Waals surface area contributed by atoms with E-state index in [2.05, 4.69) is 41.5 Å². The summed E-state index contributed by atoms with van der Waals surface area (Å²) in [5.41, 5.74) is 2.00. The molecule has 1 heterocycles. The normalized spacial score (nSPS) is 18.0. The number of nitrogens with zero attached hydrogens (tertiary/aromatic N) is 2. The van der Waals surface area contributed by atoms with Gasteiger partial charge in [-0.25, -0.2) is 9.79 Å². The van der Waals surface area contributed by atoms with E-state index in [-0.39, 0.29) is 12.1 Å². The second-order valence-corrected chi connectivity index (χ2v) is 7.67. The molecule has 0 saturated carbocycles. The number of rotatable bonds is 4. The maximum absolute atomic E-state index is 12.0. The number of aryl methyl sites for hydroxylation is 1. The third kappa shape index (κ3) is 6.24. The van der Waals surface area contributed by atoms with Crippen LogP contribution < -0.4 is 10.6 Å².